The van der Waals surface area contributed by atoms with Gasteiger partial charge in [0.2, 0.25) is 11.8 Å². The van der Waals surface area contributed by atoms with Crippen LogP contribution >= 0.6 is 0 Å². The normalized spacial score (nSPS) is 17.7. The first-order chi connectivity index (χ1) is 15.4. The molecule has 0 aromatic heterocycles. The Morgan fingerprint density at radius 3 is 2.03 bits per heavy atom. The van der Waals surface area contributed by atoms with Crippen LogP contribution in [-0.4, -0.2) is 58.5 Å². The van der Waals surface area contributed by atoms with Gasteiger partial charge >= 0.3 is 5.97 Å². The molecule has 2 amide bonds. The van der Waals surface area contributed by atoms with Gasteiger partial charge in [-0.15, -0.1) is 0 Å². The fraction of sp³-hybridized carbons (Fsp3) is 0.808. The van der Waals surface area contributed by atoms with Gasteiger partial charge in [0, 0.05) is 18.7 Å². The summed E-state index contributed by atoms with van der Waals surface area (Å²) in [6, 6.07) is -0.849. The van der Waals surface area contributed by atoms with E-state index >= 15 is 0 Å². The molecule has 1 aliphatic carbocycles. The van der Waals surface area contributed by atoms with Gasteiger partial charge in [0.05, 0.1) is 11.6 Å². The zero-order valence-electron chi connectivity index (χ0n) is 22.0. The number of nitrogens with zero attached hydrogens (tertiary/aromatic N) is 1. The van der Waals surface area contributed by atoms with Crippen LogP contribution in [0.5, 0.6) is 0 Å². The smallest absolute Gasteiger partial charge is 0.331 e. The van der Waals surface area contributed by atoms with E-state index in [1.54, 1.807) is 24.9 Å². The number of carboxylic acid groups (broad SMARTS) is 1. The van der Waals surface area contributed by atoms with E-state index in [2.05, 4.69) is 10.6 Å². The summed E-state index contributed by atoms with van der Waals surface area (Å²) < 4.78 is 0. The van der Waals surface area contributed by atoms with Gasteiger partial charge in [0.1, 0.15) is 6.04 Å². The van der Waals surface area contributed by atoms with Crippen LogP contribution in [0.3, 0.4) is 0 Å². The summed E-state index contributed by atoms with van der Waals surface area (Å²) in [6.07, 6.45) is 7.97. The maximum absolute atomic E-state index is 13.8. The van der Waals surface area contributed by atoms with Crippen molar-refractivity contribution in [1.82, 2.24) is 15.5 Å². The van der Waals surface area contributed by atoms with Gasteiger partial charge in [-0.05, 0) is 58.3 Å². The van der Waals surface area contributed by atoms with Crippen molar-refractivity contribution in [2.45, 2.75) is 117 Å². The number of aliphatic carboxylic acids is 1. The topological polar surface area (TPSA) is 98.7 Å². The molecule has 0 aromatic rings. The Labute approximate surface area is 200 Å². The number of carbonyl (C=O) groups excluding carboxylic acids is 2. The summed E-state index contributed by atoms with van der Waals surface area (Å²) >= 11 is 0. The molecule has 0 heterocycles. The summed E-state index contributed by atoms with van der Waals surface area (Å²) in [7, 11) is 1.72. The fourth-order valence-corrected chi connectivity index (χ4v) is 4.97. The maximum atomic E-state index is 13.8. The van der Waals surface area contributed by atoms with Crippen molar-refractivity contribution in [2.75, 3.05) is 7.05 Å². The molecule has 0 radical (unpaired) electrons. The van der Waals surface area contributed by atoms with Crippen LogP contribution < -0.4 is 10.6 Å². The van der Waals surface area contributed by atoms with Crippen LogP contribution in [0.15, 0.2) is 11.6 Å². The molecule has 1 saturated carbocycles. The third-order valence-electron chi connectivity index (χ3n) is 7.12. The molecule has 1 rings (SSSR count). The molecule has 0 spiro atoms. The first-order valence-electron chi connectivity index (χ1n) is 12.7. The van der Waals surface area contributed by atoms with Gasteiger partial charge in [0.15, 0.2) is 0 Å². The van der Waals surface area contributed by atoms with Gasteiger partial charge in [-0.25, -0.2) is 4.79 Å². The molecule has 0 unspecified atom stereocenters. The summed E-state index contributed by atoms with van der Waals surface area (Å²) in [6.45, 7) is 13.5. The van der Waals surface area contributed by atoms with E-state index < -0.39 is 17.6 Å². The minimum Gasteiger partial charge on any atom is -0.478 e. The zero-order valence-corrected chi connectivity index (χ0v) is 22.0. The lowest BCUT2D eigenvalue weighted by molar-refractivity contribution is -0.141. The van der Waals surface area contributed by atoms with Gasteiger partial charge in [-0.1, -0.05) is 53.0 Å². The number of nitrogens with one attached hydrogen (secondary N) is 2. The minimum absolute atomic E-state index is 0.0314. The average molecular weight is 466 g/mol. The monoisotopic (exact) mass is 465 g/mol. The Hall–Kier alpha value is -1.89. The maximum Gasteiger partial charge on any atom is 0.331 e. The van der Waals surface area contributed by atoms with E-state index in [1.165, 1.54) is 0 Å². The van der Waals surface area contributed by atoms with Crippen LogP contribution in [0, 0.1) is 11.8 Å². The number of likely N-dealkylation sites (N-methyl/N-ethyl adjacent to an activating group) is 1. The largest absolute Gasteiger partial charge is 0.478 e. The van der Waals surface area contributed by atoms with Crippen LogP contribution in [-0.2, 0) is 14.4 Å². The molecule has 1 aliphatic rings. The molecule has 7 nitrogen and oxygen atoms in total. The predicted molar refractivity (Wildman–Crippen MR) is 133 cm³/mol. The van der Waals surface area contributed by atoms with Crippen molar-refractivity contribution < 1.29 is 19.5 Å². The van der Waals surface area contributed by atoms with Crippen molar-refractivity contribution in [2.24, 2.45) is 11.8 Å². The second kappa shape index (κ2) is 13.1. The quantitative estimate of drug-likeness (QED) is 0.377. The summed E-state index contributed by atoms with van der Waals surface area (Å²) in [5.74, 6) is -1.15. The van der Waals surface area contributed by atoms with E-state index in [1.807, 2.05) is 41.5 Å². The SMILES string of the molecule is CCC(CC)(NC(C)C)C(=O)N[C@H](C(=O)N(C)[C@H](/C=C(\C)C(=O)O)C(C)C)C1CCCCC1. The molecule has 190 valence electrons. The van der Waals surface area contributed by atoms with E-state index in [0.29, 0.717) is 12.8 Å². The third kappa shape index (κ3) is 7.83. The Kier molecular flexibility index (Phi) is 11.6. The standard InChI is InChI=1S/C26H47N3O4/c1-9-26(10-2,28-18(5)6)25(33)27-22(20-14-12-11-13-15-20)23(30)29(8)21(17(3)4)16-19(7)24(31)32/h16-18,20-22,28H,9-15H2,1-8H3,(H,27,33)(H,31,32)/b19-16+/t21-,22+/m1/s1. The number of rotatable bonds is 12. The van der Waals surface area contributed by atoms with E-state index in [9.17, 15) is 19.5 Å². The molecule has 0 bridgehead atoms. The summed E-state index contributed by atoms with van der Waals surface area (Å²) in [5.41, 5.74) is -0.513. The number of carbonyl (C=O) groups is 3. The number of amides is 2. The van der Waals surface area contributed by atoms with E-state index in [0.717, 1.165) is 32.1 Å². The second-order valence-electron chi connectivity index (χ2n) is 10.3. The lowest BCUT2D eigenvalue weighted by Gasteiger charge is -2.39. The van der Waals surface area contributed by atoms with E-state index in [-0.39, 0.29) is 41.3 Å². The van der Waals surface area contributed by atoms with Gasteiger partial charge in [-0.2, -0.15) is 0 Å². The average Bonchev–Trinajstić information content (AvgIpc) is 2.78. The molecule has 0 saturated heterocycles. The lowest BCUT2D eigenvalue weighted by atomic mass is 9.82. The highest BCUT2D eigenvalue weighted by molar-refractivity contribution is 5.92. The second-order valence-corrected chi connectivity index (χ2v) is 10.3. The fourth-order valence-electron chi connectivity index (χ4n) is 4.97. The van der Waals surface area contributed by atoms with Crippen LogP contribution in [0.2, 0.25) is 0 Å². The van der Waals surface area contributed by atoms with Crippen LogP contribution in [0.25, 0.3) is 0 Å². The highest BCUT2D eigenvalue weighted by Crippen LogP contribution is 2.29. The molecule has 0 aromatic carbocycles. The molecule has 7 heteroatoms. The minimum atomic E-state index is -0.992. The molecule has 0 aliphatic heterocycles. The molecule has 1 fully saturated rings. The van der Waals surface area contributed by atoms with Gasteiger partial charge in [-0.3, -0.25) is 9.59 Å². The first kappa shape index (κ1) is 29.1. The number of hydrogen-bond acceptors (Lipinski definition) is 4. The zero-order chi connectivity index (χ0) is 25.3. The Balaban J connectivity index is 3.29. The Morgan fingerprint density at radius 1 is 1.06 bits per heavy atom. The van der Waals surface area contributed by atoms with Gasteiger partial charge < -0.3 is 20.6 Å². The Bertz CT molecular complexity index is 692. The third-order valence-corrected chi connectivity index (χ3v) is 7.12. The Morgan fingerprint density at radius 2 is 1.61 bits per heavy atom. The molecular formula is C26H47N3O4. The molecular weight excluding hydrogens is 418 g/mol. The van der Waals surface area contributed by atoms with Crippen molar-refractivity contribution >= 4 is 17.8 Å². The van der Waals surface area contributed by atoms with Crippen molar-refractivity contribution in [1.29, 1.82) is 0 Å². The molecule has 2 atom stereocenters. The number of carboxylic acids is 1. The van der Waals surface area contributed by atoms with Crippen LogP contribution in [0.1, 0.15) is 93.4 Å². The van der Waals surface area contributed by atoms with Crippen molar-refractivity contribution in [3.8, 4) is 0 Å². The summed E-state index contributed by atoms with van der Waals surface area (Å²) in [4.78, 5) is 40.4. The number of hydrogen-bond donors (Lipinski definition) is 3. The predicted octanol–water partition coefficient (Wildman–Crippen LogP) is 4.12. The van der Waals surface area contributed by atoms with Crippen molar-refractivity contribution in [3.05, 3.63) is 11.6 Å². The van der Waals surface area contributed by atoms with Crippen LogP contribution in [0.4, 0.5) is 0 Å². The molecule has 33 heavy (non-hydrogen) atoms. The molecule has 3 N–H and O–H groups in total. The summed E-state index contributed by atoms with van der Waals surface area (Å²) in [5, 5.41) is 15.9. The highest BCUT2D eigenvalue weighted by Gasteiger charge is 2.41. The van der Waals surface area contributed by atoms with Gasteiger partial charge in [0.25, 0.3) is 0 Å². The van der Waals surface area contributed by atoms with E-state index in [4.69, 9.17) is 0 Å². The van der Waals surface area contributed by atoms with Crippen molar-refractivity contribution in [3.63, 3.8) is 0 Å². The lowest BCUT2D eigenvalue weighted by Crippen LogP contribution is -2.63. The highest BCUT2D eigenvalue weighted by atomic mass is 16.4. The first-order valence-corrected chi connectivity index (χ1v) is 12.7.